The highest BCUT2D eigenvalue weighted by Crippen LogP contribution is 1.83. The van der Waals surface area contributed by atoms with Gasteiger partial charge in [-0.05, 0) is 0 Å². The van der Waals surface area contributed by atoms with Crippen LogP contribution in [0.15, 0.2) is 4.40 Å². The smallest absolute Gasteiger partial charge is 0.253 e. The van der Waals surface area contributed by atoms with Crippen LogP contribution >= 0.6 is 0 Å². The summed E-state index contributed by atoms with van der Waals surface area (Å²) in [4.78, 5) is 0. The lowest BCUT2D eigenvalue weighted by atomic mass is 11.1. The minimum absolute atomic E-state index is 0.667. The Balaban J connectivity index is 4.67. The Kier molecular flexibility index (Phi) is 3.04. The van der Waals surface area contributed by atoms with Crippen LogP contribution < -0.4 is 10.5 Å². The normalized spacial score (nSPS) is 14.3. The average Bonchev–Trinajstić information content (AvgIpc) is 1.49. The highest BCUT2D eigenvalue weighted by molar-refractivity contribution is 7.90. The van der Waals surface area contributed by atoms with Crippen molar-refractivity contribution in [2.75, 3.05) is 12.5 Å². The molecule has 0 aromatic carbocycles. The Morgan fingerprint density at radius 3 is 1.92 bits per heavy atom. The molecule has 0 amide bonds. The fraction of sp³-hybridized carbons (Fsp3) is 0.667. The lowest BCUT2D eigenvalue weighted by molar-refractivity contribution is 0.598. The van der Waals surface area contributed by atoms with Crippen molar-refractivity contribution < 1.29 is 16.8 Å². The summed E-state index contributed by atoms with van der Waals surface area (Å²) in [5.41, 5.74) is 4.93. The maximum atomic E-state index is 10.5. The van der Waals surface area contributed by atoms with Gasteiger partial charge in [-0.15, -0.1) is 4.40 Å². The summed E-state index contributed by atoms with van der Waals surface area (Å²) in [5, 5.41) is 0. The van der Waals surface area contributed by atoms with E-state index in [2.05, 4.69) is 4.40 Å². The maximum Gasteiger partial charge on any atom is 0.253 e. The SMILES string of the molecule is CS(=O)(=O)N=C(N)NS(C)(=O)=O. The summed E-state index contributed by atoms with van der Waals surface area (Å²) in [7, 11) is -7.23. The molecule has 0 rings (SSSR count). The predicted molar refractivity (Wildman–Crippen MR) is 44.4 cm³/mol. The fourth-order valence-electron chi connectivity index (χ4n) is 0.387. The molecule has 0 radical (unpaired) electrons. The Labute approximate surface area is 70.8 Å². The lowest BCUT2D eigenvalue weighted by Gasteiger charge is -1.99. The predicted octanol–water partition coefficient (Wildman–Crippen LogP) is -2.19. The van der Waals surface area contributed by atoms with E-state index in [1.54, 1.807) is 4.72 Å². The Hall–Kier alpha value is -0.830. The van der Waals surface area contributed by atoms with Gasteiger partial charge in [-0.3, -0.25) is 4.72 Å². The molecule has 0 aliphatic carbocycles. The third-order valence-electron chi connectivity index (χ3n) is 0.554. The first-order chi connectivity index (χ1) is 5.10. The van der Waals surface area contributed by atoms with Crippen molar-refractivity contribution in [3.8, 4) is 0 Å². The topological polar surface area (TPSA) is 119 Å². The third kappa shape index (κ3) is 7.28. The quantitative estimate of drug-likeness (QED) is 0.400. The minimum atomic E-state index is -3.66. The van der Waals surface area contributed by atoms with Gasteiger partial charge < -0.3 is 5.73 Å². The second kappa shape index (κ2) is 3.27. The Morgan fingerprint density at radius 2 is 1.67 bits per heavy atom. The van der Waals surface area contributed by atoms with E-state index in [0.717, 1.165) is 12.5 Å². The van der Waals surface area contributed by atoms with E-state index in [0.29, 0.717) is 0 Å². The van der Waals surface area contributed by atoms with Crippen LogP contribution in [-0.4, -0.2) is 35.3 Å². The molecule has 0 bridgehead atoms. The van der Waals surface area contributed by atoms with Gasteiger partial charge in [0.25, 0.3) is 10.0 Å². The molecule has 0 spiro atoms. The fourth-order valence-corrected chi connectivity index (χ4v) is 1.27. The van der Waals surface area contributed by atoms with E-state index in [9.17, 15) is 16.8 Å². The van der Waals surface area contributed by atoms with E-state index < -0.39 is 26.0 Å². The molecule has 0 aliphatic heterocycles. The number of nitrogens with one attached hydrogen (secondary N) is 1. The molecule has 7 nitrogen and oxygen atoms in total. The first kappa shape index (κ1) is 11.2. The van der Waals surface area contributed by atoms with Gasteiger partial charge in [0.05, 0.1) is 12.5 Å². The molecule has 0 heterocycles. The molecular formula is C3H9N3O4S2. The van der Waals surface area contributed by atoms with Crippen molar-refractivity contribution in [1.29, 1.82) is 0 Å². The molecule has 0 aliphatic rings. The van der Waals surface area contributed by atoms with Crippen LogP contribution in [0.4, 0.5) is 0 Å². The molecule has 0 saturated carbocycles. The zero-order chi connectivity index (χ0) is 9.99. The van der Waals surface area contributed by atoms with E-state index in [-0.39, 0.29) is 0 Å². The molecule has 0 atom stereocenters. The summed E-state index contributed by atoms with van der Waals surface area (Å²) in [6.07, 6.45) is 1.63. The standard InChI is InChI=1S/C3H9N3O4S2/c1-11(7,8)5-3(4)6-12(2,9)10/h1-2H3,(H3,4,5,6). The zero-order valence-electron chi connectivity index (χ0n) is 6.47. The second-order valence-electron chi connectivity index (χ2n) is 2.08. The van der Waals surface area contributed by atoms with Crippen LogP contribution in [0.5, 0.6) is 0 Å². The van der Waals surface area contributed by atoms with E-state index in [1.807, 2.05) is 0 Å². The van der Waals surface area contributed by atoms with Crippen LogP contribution in [0.1, 0.15) is 0 Å². The van der Waals surface area contributed by atoms with E-state index in [1.165, 1.54) is 0 Å². The third-order valence-corrected chi connectivity index (χ3v) is 1.66. The van der Waals surface area contributed by atoms with Crippen molar-refractivity contribution >= 4 is 26.0 Å². The van der Waals surface area contributed by atoms with Crippen LogP contribution in [0.2, 0.25) is 0 Å². The zero-order valence-corrected chi connectivity index (χ0v) is 8.11. The minimum Gasteiger partial charge on any atom is -0.368 e. The molecule has 3 N–H and O–H groups in total. The number of nitrogens with zero attached hydrogens (tertiary/aromatic N) is 1. The van der Waals surface area contributed by atoms with Gasteiger partial charge in [0.15, 0.2) is 0 Å². The molecule has 12 heavy (non-hydrogen) atoms. The van der Waals surface area contributed by atoms with Crippen LogP contribution in [0.25, 0.3) is 0 Å². The molecule has 72 valence electrons. The monoisotopic (exact) mass is 215 g/mol. The molecule has 0 aromatic rings. The Bertz CT molecular complexity index is 378. The van der Waals surface area contributed by atoms with Gasteiger partial charge in [0, 0.05) is 0 Å². The van der Waals surface area contributed by atoms with E-state index in [4.69, 9.17) is 5.73 Å². The van der Waals surface area contributed by atoms with Gasteiger partial charge >= 0.3 is 0 Å². The number of hydrogen-bond acceptors (Lipinski definition) is 4. The van der Waals surface area contributed by atoms with Gasteiger partial charge in [-0.2, -0.15) is 0 Å². The van der Waals surface area contributed by atoms with Crippen molar-refractivity contribution in [1.82, 2.24) is 4.72 Å². The van der Waals surface area contributed by atoms with Crippen LogP contribution in [0, 0.1) is 0 Å². The van der Waals surface area contributed by atoms with Crippen LogP contribution in [0.3, 0.4) is 0 Å². The van der Waals surface area contributed by atoms with Crippen molar-refractivity contribution in [3.63, 3.8) is 0 Å². The first-order valence-corrected chi connectivity index (χ1v) is 6.37. The van der Waals surface area contributed by atoms with E-state index >= 15 is 0 Å². The summed E-state index contributed by atoms with van der Waals surface area (Å²) < 4.78 is 46.3. The van der Waals surface area contributed by atoms with Crippen LogP contribution in [-0.2, 0) is 20.0 Å². The Morgan fingerprint density at radius 1 is 1.25 bits per heavy atom. The molecule has 0 aromatic heterocycles. The highest BCUT2D eigenvalue weighted by Gasteiger charge is 2.05. The summed E-state index contributed by atoms with van der Waals surface area (Å²) in [5.74, 6) is -0.667. The van der Waals surface area contributed by atoms with Crippen molar-refractivity contribution in [2.45, 2.75) is 0 Å². The maximum absolute atomic E-state index is 10.5. The summed E-state index contributed by atoms with van der Waals surface area (Å²) >= 11 is 0. The lowest BCUT2D eigenvalue weighted by Crippen LogP contribution is -2.36. The number of rotatable bonds is 2. The van der Waals surface area contributed by atoms with Crippen molar-refractivity contribution in [3.05, 3.63) is 0 Å². The molecule has 0 unspecified atom stereocenters. The second-order valence-corrected chi connectivity index (χ2v) is 5.48. The van der Waals surface area contributed by atoms with Gasteiger partial charge in [-0.1, -0.05) is 0 Å². The van der Waals surface area contributed by atoms with Gasteiger partial charge in [0.2, 0.25) is 16.0 Å². The van der Waals surface area contributed by atoms with Gasteiger partial charge in [0.1, 0.15) is 0 Å². The largest absolute Gasteiger partial charge is 0.368 e. The van der Waals surface area contributed by atoms with Crippen molar-refractivity contribution in [2.24, 2.45) is 10.1 Å². The average molecular weight is 215 g/mol. The number of sulfonamides is 2. The molecular weight excluding hydrogens is 206 g/mol. The number of nitrogens with two attached hydrogens (primary N) is 1. The molecule has 0 saturated heterocycles. The van der Waals surface area contributed by atoms with Gasteiger partial charge in [-0.25, -0.2) is 16.8 Å². The summed E-state index contributed by atoms with van der Waals surface area (Å²) in [6, 6.07) is 0. The summed E-state index contributed by atoms with van der Waals surface area (Å²) in [6.45, 7) is 0. The first-order valence-electron chi connectivity index (χ1n) is 2.63. The highest BCUT2D eigenvalue weighted by atomic mass is 32.2. The number of guanidine groups is 1. The number of hydrogen-bond donors (Lipinski definition) is 2. The molecule has 9 heteroatoms. The molecule has 0 fully saturated rings.